The highest BCUT2D eigenvalue weighted by molar-refractivity contribution is 7.08. The lowest BCUT2D eigenvalue weighted by Crippen LogP contribution is -2.35. The number of hydrogen-bond acceptors (Lipinski definition) is 4. The third-order valence-electron chi connectivity index (χ3n) is 3.68. The van der Waals surface area contributed by atoms with Crippen molar-refractivity contribution in [3.63, 3.8) is 0 Å². The summed E-state index contributed by atoms with van der Waals surface area (Å²) in [6.07, 6.45) is 2.80. The van der Waals surface area contributed by atoms with Crippen LogP contribution in [0, 0.1) is 6.92 Å². The maximum Gasteiger partial charge on any atom is 0.271 e. The van der Waals surface area contributed by atoms with Gasteiger partial charge in [0.1, 0.15) is 4.88 Å². The van der Waals surface area contributed by atoms with E-state index >= 15 is 0 Å². The standard InChI is InChI=1S/C15H17N3OS/c1-3-12-14(20-17-16-12)15(19)18-8-4-5-11-9-10(2)6-7-13(11)18/h6-7,9H,3-5,8H2,1-2H3. The minimum absolute atomic E-state index is 0.0432. The molecule has 0 unspecified atom stereocenters. The summed E-state index contributed by atoms with van der Waals surface area (Å²) in [5.41, 5.74) is 4.36. The predicted octanol–water partition coefficient (Wildman–Crippen LogP) is 3.00. The molecule has 2 aromatic rings. The molecular weight excluding hydrogens is 270 g/mol. The molecule has 0 radical (unpaired) electrons. The summed E-state index contributed by atoms with van der Waals surface area (Å²) in [6.45, 7) is 4.86. The van der Waals surface area contributed by atoms with Crippen LogP contribution in [0.25, 0.3) is 0 Å². The first kappa shape index (κ1) is 13.2. The number of fused-ring (bicyclic) bond motifs is 1. The summed E-state index contributed by atoms with van der Waals surface area (Å²) in [5.74, 6) is 0.0432. The van der Waals surface area contributed by atoms with Crippen molar-refractivity contribution >= 4 is 23.1 Å². The lowest BCUT2D eigenvalue weighted by atomic mass is 9.99. The molecule has 0 atom stereocenters. The van der Waals surface area contributed by atoms with E-state index in [4.69, 9.17) is 0 Å². The lowest BCUT2D eigenvalue weighted by Gasteiger charge is -2.29. The van der Waals surface area contributed by atoms with Gasteiger partial charge in [0.15, 0.2) is 0 Å². The summed E-state index contributed by atoms with van der Waals surface area (Å²) in [4.78, 5) is 15.3. The molecule has 0 fully saturated rings. The minimum Gasteiger partial charge on any atom is -0.307 e. The fraction of sp³-hybridized carbons (Fsp3) is 0.400. The number of hydrogen-bond donors (Lipinski definition) is 0. The third kappa shape index (κ3) is 2.22. The monoisotopic (exact) mass is 287 g/mol. The molecule has 0 N–H and O–H groups in total. The molecule has 1 aromatic heterocycles. The van der Waals surface area contributed by atoms with Crippen molar-refractivity contribution in [1.82, 2.24) is 9.59 Å². The zero-order chi connectivity index (χ0) is 14.1. The summed E-state index contributed by atoms with van der Waals surface area (Å²) < 4.78 is 3.92. The average Bonchev–Trinajstić information content (AvgIpc) is 2.94. The van der Waals surface area contributed by atoms with Gasteiger partial charge in [-0.1, -0.05) is 29.1 Å². The number of benzene rings is 1. The SMILES string of the molecule is CCc1nnsc1C(=O)N1CCCc2cc(C)ccc21. The van der Waals surface area contributed by atoms with E-state index in [9.17, 15) is 4.79 Å². The minimum atomic E-state index is 0.0432. The molecule has 4 nitrogen and oxygen atoms in total. The van der Waals surface area contributed by atoms with E-state index in [1.54, 1.807) is 0 Å². The van der Waals surface area contributed by atoms with Gasteiger partial charge in [-0.05, 0) is 49.3 Å². The van der Waals surface area contributed by atoms with Crippen LogP contribution in [0.3, 0.4) is 0 Å². The van der Waals surface area contributed by atoms with Crippen molar-refractivity contribution in [1.29, 1.82) is 0 Å². The highest BCUT2D eigenvalue weighted by Crippen LogP contribution is 2.30. The zero-order valence-electron chi connectivity index (χ0n) is 11.7. The Kier molecular flexibility index (Phi) is 3.53. The fourth-order valence-electron chi connectivity index (χ4n) is 2.66. The van der Waals surface area contributed by atoms with Crippen LogP contribution in [0.1, 0.15) is 39.8 Å². The lowest BCUT2D eigenvalue weighted by molar-refractivity contribution is 0.0988. The van der Waals surface area contributed by atoms with E-state index in [0.717, 1.165) is 37.2 Å². The first-order valence-electron chi connectivity index (χ1n) is 6.93. The van der Waals surface area contributed by atoms with Crippen LogP contribution in [0.15, 0.2) is 18.2 Å². The molecule has 3 rings (SSSR count). The van der Waals surface area contributed by atoms with Crippen molar-refractivity contribution in [3.05, 3.63) is 39.9 Å². The summed E-state index contributed by atoms with van der Waals surface area (Å²) in [6, 6.07) is 6.30. The van der Waals surface area contributed by atoms with Gasteiger partial charge >= 0.3 is 0 Å². The van der Waals surface area contributed by atoms with Gasteiger partial charge < -0.3 is 4.90 Å². The van der Waals surface area contributed by atoms with Crippen molar-refractivity contribution in [2.75, 3.05) is 11.4 Å². The van der Waals surface area contributed by atoms with Crippen LogP contribution in [0.5, 0.6) is 0 Å². The number of amides is 1. The molecule has 0 spiro atoms. The number of aryl methyl sites for hydroxylation is 3. The van der Waals surface area contributed by atoms with E-state index in [0.29, 0.717) is 4.88 Å². The maximum absolute atomic E-state index is 12.7. The largest absolute Gasteiger partial charge is 0.307 e. The number of carbonyl (C=O) groups is 1. The van der Waals surface area contributed by atoms with Gasteiger partial charge in [0, 0.05) is 12.2 Å². The van der Waals surface area contributed by atoms with Crippen molar-refractivity contribution in [3.8, 4) is 0 Å². The van der Waals surface area contributed by atoms with Gasteiger partial charge in [0.2, 0.25) is 0 Å². The first-order valence-corrected chi connectivity index (χ1v) is 7.70. The first-order chi connectivity index (χ1) is 9.70. The Morgan fingerprint density at radius 3 is 3.10 bits per heavy atom. The number of carbonyl (C=O) groups excluding carboxylic acids is 1. The second-order valence-electron chi connectivity index (χ2n) is 5.09. The maximum atomic E-state index is 12.7. The van der Waals surface area contributed by atoms with Crippen LogP contribution in [0.2, 0.25) is 0 Å². The van der Waals surface area contributed by atoms with Gasteiger partial charge in [-0.15, -0.1) is 5.10 Å². The Hall–Kier alpha value is -1.75. The summed E-state index contributed by atoms with van der Waals surface area (Å²) >= 11 is 1.20. The fourth-order valence-corrected chi connectivity index (χ4v) is 3.36. The molecule has 104 valence electrons. The molecule has 5 heteroatoms. The Balaban J connectivity index is 1.98. The molecule has 1 amide bonds. The number of rotatable bonds is 2. The molecular formula is C15H17N3OS. The molecule has 0 bridgehead atoms. The Bertz CT molecular complexity index is 650. The molecule has 0 aliphatic carbocycles. The molecule has 1 aromatic carbocycles. The van der Waals surface area contributed by atoms with E-state index in [1.165, 1.54) is 22.7 Å². The zero-order valence-corrected chi connectivity index (χ0v) is 12.5. The molecule has 0 saturated carbocycles. The molecule has 2 heterocycles. The van der Waals surface area contributed by atoms with E-state index in [1.807, 2.05) is 11.8 Å². The van der Waals surface area contributed by atoms with Crippen molar-refractivity contribution in [2.45, 2.75) is 33.1 Å². The van der Waals surface area contributed by atoms with Gasteiger partial charge in [0.25, 0.3) is 5.91 Å². The van der Waals surface area contributed by atoms with Crippen LogP contribution >= 0.6 is 11.5 Å². The Morgan fingerprint density at radius 2 is 2.30 bits per heavy atom. The van der Waals surface area contributed by atoms with Gasteiger partial charge in [-0.3, -0.25) is 4.79 Å². The summed E-state index contributed by atoms with van der Waals surface area (Å²) in [5, 5.41) is 4.04. The van der Waals surface area contributed by atoms with Gasteiger partial charge in [0.05, 0.1) is 5.69 Å². The number of aromatic nitrogens is 2. The third-order valence-corrected chi connectivity index (χ3v) is 4.44. The highest BCUT2D eigenvalue weighted by atomic mass is 32.1. The number of nitrogens with zero attached hydrogens (tertiary/aromatic N) is 3. The Morgan fingerprint density at radius 1 is 1.45 bits per heavy atom. The van der Waals surface area contributed by atoms with Crippen LogP contribution in [-0.2, 0) is 12.8 Å². The van der Waals surface area contributed by atoms with Crippen molar-refractivity contribution in [2.24, 2.45) is 0 Å². The van der Waals surface area contributed by atoms with Gasteiger partial charge in [-0.2, -0.15) is 0 Å². The van der Waals surface area contributed by atoms with Crippen LogP contribution in [0.4, 0.5) is 5.69 Å². The van der Waals surface area contributed by atoms with Gasteiger partial charge in [-0.25, -0.2) is 0 Å². The van der Waals surface area contributed by atoms with E-state index in [-0.39, 0.29) is 5.91 Å². The average molecular weight is 287 g/mol. The van der Waals surface area contributed by atoms with Crippen LogP contribution < -0.4 is 4.90 Å². The topological polar surface area (TPSA) is 46.1 Å². The summed E-state index contributed by atoms with van der Waals surface area (Å²) in [7, 11) is 0. The second kappa shape index (κ2) is 5.32. The predicted molar refractivity (Wildman–Crippen MR) is 80.5 cm³/mol. The smallest absolute Gasteiger partial charge is 0.271 e. The van der Waals surface area contributed by atoms with Crippen LogP contribution in [-0.4, -0.2) is 22.0 Å². The van der Waals surface area contributed by atoms with Crippen molar-refractivity contribution < 1.29 is 4.79 Å². The van der Waals surface area contributed by atoms with E-state index in [2.05, 4.69) is 34.7 Å². The molecule has 1 aliphatic heterocycles. The molecule has 20 heavy (non-hydrogen) atoms. The number of anilines is 1. The normalized spacial score (nSPS) is 14.2. The quantitative estimate of drug-likeness (QED) is 0.853. The van der Waals surface area contributed by atoms with E-state index < -0.39 is 0 Å². The second-order valence-corrected chi connectivity index (χ2v) is 5.85. The molecule has 1 aliphatic rings. The Labute approximate surface area is 122 Å². The highest BCUT2D eigenvalue weighted by Gasteiger charge is 2.26. The molecule has 0 saturated heterocycles.